The van der Waals surface area contributed by atoms with Crippen molar-refractivity contribution in [2.75, 3.05) is 62.0 Å². The Balaban J connectivity index is 0.909. The molecular weight excluding hydrogens is 1260 g/mol. The second-order valence-electron chi connectivity index (χ2n) is 25.8. The first-order valence-corrected chi connectivity index (χ1v) is 39.6. The highest BCUT2D eigenvalue weighted by Crippen LogP contribution is 2.47. The van der Waals surface area contributed by atoms with Crippen molar-refractivity contribution in [3.05, 3.63) is 198 Å². The minimum atomic E-state index is -6.17. The van der Waals surface area contributed by atoms with Crippen molar-refractivity contribution >= 4 is 87.5 Å². The molecule has 480 valence electrons. The van der Waals surface area contributed by atoms with E-state index in [2.05, 4.69) is 112 Å². The van der Waals surface area contributed by atoms with E-state index in [0.29, 0.717) is 69.3 Å². The number of alkyl halides is 3. The summed E-state index contributed by atoms with van der Waals surface area (Å²) in [6.07, 6.45) is 1.76. The van der Waals surface area contributed by atoms with Crippen molar-refractivity contribution in [2.45, 2.75) is 122 Å². The highest BCUT2D eigenvalue weighted by atomic mass is 35.5. The first-order chi connectivity index (χ1) is 42.6. The van der Waals surface area contributed by atoms with Gasteiger partial charge in [0.05, 0.1) is 42.5 Å². The molecule has 0 bridgehead atoms. The molecule has 0 saturated carbocycles. The number of carbonyl (C=O) groups excluding carboxylic acids is 1. The summed E-state index contributed by atoms with van der Waals surface area (Å²) in [7, 11) is -16.3. The molecule has 0 spiro atoms. The van der Waals surface area contributed by atoms with Crippen LogP contribution in [0, 0.1) is 5.92 Å². The summed E-state index contributed by atoms with van der Waals surface area (Å²) in [5.74, 6) is -0.577. The van der Waals surface area contributed by atoms with Crippen molar-refractivity contribution in [3.63, 3.8) is 0 Å². The average molecular weight is 1340 g/mol. The number of nitrogens with one attached hydrogen (secondary N) is 2. The van der Waals surface area contributed by atoms with Gasteiger partial charge in [0.1, 0.15) is 4.90 Å². The maximum Gasteiger partial charge on any atom is 0.501 e. The van der Waals surface area contributed by atoms with Crippen molar-refractivity contribution in [1.29, 1.82) is 0 Å². The molecule has 9 rings (SSSR count). The molecule has 2 fully saturated rings. The number of hydrogen-bond acceptors (Lipinski definition) is 12. The van der Waals surface area contributed by atoms with Crippen LogP contribution in [0.15, 0.2) is 197 Å². The predicted molar refractivity (Wildman–Crippen MR) is 363 cm³/mol. The van der Waals surface area contributed by atoms with Crippen LogP contribution in [-0.4, -0.2) is 114 Å². The van der Waals surface area contributed by atoms with Crippen LogP contribution in [0.4, 0.5) is 24.5 Å². The Labute approximate surface area is 541 Å². The van der Waals surface area contributed by atoms with E-state index in [4.69, 9.17) is 25.2 Å². The first-order valence-electron chi connectivity index (χ1n) is 30.5. The van der Waals surface area contributed by atoms with E-state index in [1.165, 1.54) is 23.9 Å². The maximum atomic E-state index is 14.7. The molecule has 12 nitrogen and oxygen atoms in total. The minimum absolute atomic E-state index is 0.0314. The van der Waals surface area contributed by atoms with Crippen molar-refractivity contribution in [1.82, 2.24) is 9.62 Å². The first kappa shape index (κ1) is 68.6. The summed E-state index contributed by atoms with van der Waals surface area (Å²) < 4.78 is 122. The molecule has 0 aromatic heterocycles. The van der Waals surface area contributed by atoms with Gasteiger partial charge in [0, 0.05) is 59.1 Å². The van der Waals surface area contributed by atoms with Crippen LogP contribution in [0.5, 0.6) is 0 Å². The lowest BCUT2D eigenvalue weighted by Gasteiger charge is -2.45. The van der Waals surface area contributed by atoms with Crippen LogP contribution in [0.1, 0.15) is 82.8 Å². The van der Waals surface area contributed by atoms with Gasteiger partial charge in [-0.15, -0.1) is 11.8 Å². The lowest BCUT2D eigenvalue weighted by molar-refractivity contribution is -0.0436. The SMILES string of the molecule is CC(C)(C)[Si](C)(C)O[C@@H](c1ccccc1-c1ccc(Cl)cc1)C1CCN(c2ccc(C(=O)NS(=O)(=O)c3ccc(N[C@H](CCN4CCOC[C@@H]4CO[Si](c4ccccc4)(c4ccccc4)C(C)(C)C)CSc4ccccc4)c(S(=O)(=O)C(F)(F)F)c3)cc2)CC1. The van der Waals surface area contributed by atoms with E-state index in [9.17, 15) is 34.8 Å². The zero-order valence-electron chi connectivity index (χ0n) is 52.3. The van der Waals surface area contributed by atoms with E-state index < -0.39 is 69.4 Å². The number of halogens is 4. The predicted octanol–water partition coefficient (Wildman–Crippen LogP) is 14.6. The molecule has 7 aromatic rings. The molecule has 2 aliphatic rings. The van der Waals surface area contributed by atoms with Gasteiger partial charge < -0.3 is 23.8 Å². The molecule has 2 aliphatic heterocycles. The standard InChI is InChI=1S/C69H82ClF3N4O8S3Si2/c1-67(2,3)89(7,8)85-65(62-27-19-18-26-61(62)50-28-32-53(70)33-29-50)51-38-41-76(42-39-51)55-34-30-52(31-35-55)66(78)75-88(81,82)58-36-37-63(64(46-58)87(79,80)69(71,72)73)74-54(49-86-57-20-12-9-13-21-57)40-43-77-44-45-83-47-56(77)48-84-90(68(4,5)6,59-22-14-10-15-23-59)60-24-16-11-17-25-60/h9-37,46,51,54,56,65,74H,38-45,47-49H2,1-8H3,(H,75,78)/t54-,56-,65-/m1/s1. The third kappa shape index (κ3) is 16.0. The largest absolute Gasteiger partial charge is 0.501 e. The lowest BCUT2D eigenvalue weighted by atomic mass is 9.84. The van der Waals surface area contributed by atoms with E-state index in [1.807, 2.05) is 102 Å². The van der Waals surface area contributed by atoms with Gasteiger partial charge in [-0.2, -0.15) is 13.2 Å². The van der Waals surface area contributed by atoms with Crippen LogP contribution in [-0.2, 0) is 33.4 Å². The molecule has 2 heterocycles. The number of thioether (sulfide) groups is 1. The number of rotatable bonds is 23. The number of nitrogens with zero attached hydrogens (tertiary/aromatic N) is 2. The third-order valence-electron chi connectivity index (χ3n) is 17.8. The molecule has 2 N–H and O–H groups in total. The number of anilines is 2. The summed E-state index contributed by atoms with van der Waals surface area (Å²) >= 11 is 7.74. The fourth-order valence-corrected chi connectivity index (χ4v) is 20.8. The number of sulfonamides is 1. The number of hydrogen-bond donors (Lipinski definition) is 2. The number of benzene rings is 7. The molecule has 21 heteroatoms. The van der Waals surface area contributed by atoms with Crippen LogP contribution < -0.4 is 25.3 Å². The second-order valence-corrected chi connectivity index (χ2v) is 40.0. The average Bonchev–Trinajstić information content (AvgIpc) is 0.769. The topological polar surface area (TPSA) is 144 Å². The van der Waals surface area contributed by atoms with E-state index in [0.717, 1.165) is 62.6 Å². The summed E-state index contributed by atoms with van der Waals surface area (Å²) in [4.78, 5) is 17.0. The Kier molecular flexibility index (Phi) is 21.8. The van der Waals surface area contributed by atoms with E-state index in [-0.39, 0.29) is 33.7 Å². The Morgan fingerprint density at radius 1 is 0.733 bits per heavy atom. The Bertz CT molecular complexity index is 3730. The maximum absolute atomic E-state index is 14.7. The summed E-state index contributed by atoms with van der Waals surface area (Å²) in [6.45, 7) is 21.3. The molecule has 0 radical (unpaired) electrons. The second kappa shape index (κ2) is 28.6. The van der Waals surface area contributed by atoms with Crippen LogP contribution >= 0.6 is 23.4 Å². The van der Waals surface area contributed by atoms with Crippen LogP contribution in [0.2, 0.25) is 28.2 Å². The van der Waals surface area contributed by atoms with Crippen molar-refractivity contribution in [2.24, 2.45) is 5.92 Å². The van der Waals surface area contributed by atoms with Gasteiger partial charge in [-0.1, -0.05) is 168 Å². The fraction of sp³-hybridized carbons (Fsp3) is 0.377. The van der Waals surface area contributed by atoms with Crippen molar-refractivity contribution < 1.29 is 48.4 Å². The van der Waals surface area contributed by atoms with E-state index in [1.54, 1.807) is 12.1 Å². The molecule has 3 atom stereocenters. The molecule has 1 amide bonds. The van der Waals surface area contributed by atoms with Gasteiger partial charge >= 0.3 is 5.51 Å². The monoisotopic (exact) mass is 1340 g/mol. The van der Waals surface area contributed by atoms with Gasteiger partial charge in [0.2, 0.25) is 0 Å². The van der Waals surface area contributed by atoms with Crippen LogP contribution in [0.3, 0.4) is 0 Å². The minimum Gasteiger partial charge on any atom is -0.410 e. The Morgan fingerprint density at radius 2 is 1.32 bits per heavy atom. The van der Waals surface area contributed by atoms with Gasteiger partial charge in [-0.3, -0.25) is 9.69 Å². The highest BCUT2D eigenvalue weighted by molar-refractivity contribution is 7.99. The lowest BCUT2D eigenvalue weighted by Crippen LogP contribution is -2.67. The molecule has 90 heavy (non-hydrogen) atoms. The van der Waals surface area contributed by atoms with Crippen molar-refractivity contribution in [3.8, 4) is 11.1 Å². The number of piperidine rings is 1. The molecule has 0 aliphatic carbocycles. The van der Waals surface area contributed by atoms with Crippen LogP contribution in [0.25, 0.3) is 11.1 Å². The zero-order chi connectivity index (χ0) is 64.7. The normalized spacial score (nSPS) is 16.8. The van der Waals surface area contributed by atoms with E-state index >= 15 is 0 Å². The van der Waals surface area contributed by atoms with Gasteiger partial charge in [0.25, 0.3) is 34.1 Å². The smallest absolute Gasteiger partial charge is 0.410 e. The quantitative estimate of drug-likeness (QED) is 0.0465. The number of ether oxygens (including phenoxy) is 1. The molecule has 2 saturated heterocycles. The van der Waals surface area contributed by atoms with Gasteiger partial charge in [-0.25, -0.2) is 21.6 Å². The fourth-order valence-electron chi connectivity index (χ4n) is 11.8. The molecule has 7 aromatic carbocycles. The summed E-state index contributed by atoms with van der Waals surface area (Å²) in [6, 6.07) is 54.3. The number of amides is 1. The number of morpholine rings is 1. The zero-order valence-corrected chi connectivity index (χ0v) is 57.5. The third-order valence-corrected chi connectivity index (χ3v) is 31.5. The van der Waals surface area contributed by atoms with Gasteiger partial charge in [-0.05, 0) is 142 Å². The van der Waals surface area contributed by atoms with Gasteiger partial charge in [0.15, 0.2) is 8.32 Å². The highest BCUT2D eigenvalue weighted by Gasteiger charge is 2.51. The Morgan fingerprint density at radius 3 is 1.91 bits per heavy atom. The summed E-state index contributed by atoms with van der Waals surface area (Å²) in [5.41, 5.74) is -2.20. The Hall–Kier alpha value is -5.79. The summed E-state index contributed by atoms with van der Waals surface area (Å²) in [5, 5.41) is 5.69. The molecule has 0 unspecified atom stereocenters. The molecular formula is C69H82ClF3N4O8S3Si2. The number of carbonyl (C=O) groups is 1. The number of sulfone groups is 1.